The molecule has 0 aliphatic rings. The summed E-state index contributed by atoms with van der Waals surface area (Å²) < 4.78 is 19.8. The Morgan fingerprint density at radius 3 is 2.80 bits per heavy atom. The second-order valence-corrected chi connectivity index (χ2v) is 4.31. The highest BCUT2D eigenvalue weighted by Gasteiger charge is 2.13. The molecule has 0 aliphatic heterocycles. The van der Waals surface area contributed by atoms with Crippen LogP contribution in [0.25, 0.3) is 0 Å². The van der Waals surface area contributed by atoms with Crippen LogP contribution in [0, 0.1) is 17.1 Å². The third kappa shape index (κ3) is 2.95. The van der Waals surface area contributed by atoms with E-state index in [0.29, 0.717) is 16.9 Å². The van der Waals surface area contributed by atoms with E-state index in [1.54, 1.807) is 17.8 Å². The van der Waals surface area contributed by atoms with Crippen LogP contribution >= 0.6 is 0 Å². The fourth-order valence-electron chi connectivity index (χ4n) is 1.81. The van der Waals surface area contributed by atoms with E-state index in [1.807, 2.05) is 6.07 Å². The molecule has 2 N–H and O–H groups in total. The first-order valence-corrected chi connectivity index (χ1v) is 5.78. The van der Waals surface area contributed by atoms with Crippen LogP contribution in [0.3, 0.4) is 0 Å². The zero-order valence-electron chi connectivity index (χ0n) is 10.8. The Bertz CT molecular complexity index is 701. The van der Waals surface area contributed by atoms with Crippen molar-refractivity contribution in [3.63, 3.8) is 0 Å². The molecular formula is C14H12FN3O2. The number of nitrogen functional groups attached to an aromatic ring is 1. The van der Waals surface area contributed by atoms with E-state index in [2.05, 4.69) is 0 Å². The maximum Gasteiger partial charge on any atom is 0.355 e. The number of halogens is 1. The quantitative estimate of drug-likeness (QED) is 0.867. The number of carbonyl (C=O) groups is 1. The van der Waals surface area contributed by atoms with Crippen LogP contribution in [0.1, 0.15) is 21.6 Å². The lowest BCUT2D eigenvalue weighted by Crippen LogP contribution is -2.09. The molecule has 0 radical (unpaired) electrons. The number of benzene rings is 1. The van der Waals surface area contributed by atoms with Gasteiger partial charge in [0, 0.05) is 13.2 Å². The zero-order valence-corrected chi connectivity index (χ0v) is 10.8. The normalized spacial score (nSPS) is 10.1. The molecule has 1 heterocycles. The Morgan fingerprint density at radius 1 is 1.45 bits per heavy atom. The maximum atomic E-state index is 13.2. The van der Waals surface area contributed by atoms with E-state index < -0.39 is 11.8 Å². The third-order valence-corrected chi connectivity index (χ3v) is 2.69. The number of aromatic nitrogens is 1. The van der Waals surface area contributed by atoms with Crippen LogP contribution < -0.4 is 5.73 Å². The maximum absolute atomic E-state index is 13.2. The molecule has 0 amide bonds. The van der Waals surface area contributed by atoms with Gasteiger partial charge in [-0.05, 0) is 29.8 Å². The van der Waals surface area contributed by atoms with Crippen LogP contribution in [-0.4, -0.2) is 10.5 Å². The van der Waals surface area contributed by atoms with Gasteiger partial charge in [-0.3, -0.25) is 0 Å². The lowest BCUT2D eigenvalue weighted by atomic mass is 10.1. The number of carbonyl (C=O) groups excluding carboxylic acids is 1. The van der Waals surface area contributed by atoms with Gasteiger partial charge in [0.2, 0.25) is 0 Å². The number of rotatable bonds is 3. The molecule has 0 bridgehead atoms. The summed E-state index contributed by atoms with van der Waals surface area (Å²) in [6.45, 7) is -0.115. The number of ether oxygens (including phenoxy) is 1. The molecule has 6 heteroatoms. The van der Waals surface area contributed by atoms with Crippen molar-refractivity contribution in [2.24, 2.45) is 7.05 Å². The number of hydrogen-bond acceptors (Lipinski definition) is 4. The number of anilines is 1. The van der Waals surface area contributed by atoms with Crippen molar-refractivity contribution in [1.82, 2.24) is 4.57 Å². The van der Waals surface area contributed by atoms with Gasteiger partial charge in [-0.2, -0.15) is 5.26 Å². The first-order chi connectivity index (χ1) is 9.49. The molecule has 0 aliphatic carbocycles. The van der Waals surface area contributed by atoms with Crippen LogP contribution in [-0.2, 0) is 18.4 Å². The van der Waals surface area contributed by atoms with Gasteiger partial charge in [-0.1, -0.05) is 0 Å². The van der Waals surface area contributed by atoms with Crippen molar-refractivity contribution in [1.29, 1.82) is 5.26 Å². The molecule has 0 spiro atoms. The number of hydrogen-bond donors (Lipinski definition) is 1. The molecule has 2 aromatic rings. The van der Waals surface area contributed by atoms with Crippen molar-refractivity contribution in [2.45, 2.75) is 6.61 Å². The second kappa shape index (κ2) is 5.45. The fraction of sp³-hybridized carbons (Fsp3) is 0.143. The SMILES string of the molecule is Cn1cc(N)cc1C(=O)OCc1cc(F)cc(C#N)c1. The Balaban J connectivity index is 2.09. The van der Waals surface area contributed by atoms with E-state index in [9.17, 15) is 9.18 Å². The minimum absolute atomic E-state index is 0.115. The van der Waals surface area contributed by atoms with Gasteiger partial charge in [0.1, 0.15) is 18.1 Å². The van der Waals surface area contributed by atoms with E-state index in [-0.39, 0.29) is 12.2 Å². The summed E-state index contributed by atoms with van der Waals surface area (Å²) in [6.07, 6.45) is 1.59. The minimum Gasteiger partial charge on any atom is -0.456 e. The summed E-state index contributed by atoms with van der Waals surface area (Å²) in [7, 11) is 1.67. The van der Waals surface area contributed by atoms with E-state index >= 15 is 0 Å². The van der Waals surface area contributed by atoms with Crippen molar-refractivity contribution >= 4 is 11.7 Å². The Kier molecular flexibility index (Phi) is 3.71. The molecule has 102 valence electrons. The smallest absolute Gasteiger partial charge is 0.355 e. The molecule has 0 fully saturated rings. The molecule has 0 saturated heterocycles. The van der Waals surface area contributed by atoms with Crippen LogP contribution in [0.2, 0.25) is 0 Å². The first kappa shape index (κ1) is 13.6. The first-order valence-electron chi connectivity index (χ1n) is 5.78. The number of nitrogens with zero attached hydrogens (tertiary/aromatic N) is 2. The fourth-order valence-corrected chi connectivity index (χ4v) is 1.81. The number of esters is 1. The predicted molar refractivity (Wildman–Crippen MR) is 70.1 cm³/mol. The monoisotopic (exact) mass is 273 g/mol. The predicted octanol–water partition coefficient (Wildman–Crippen LogP) is 1.98. The average molecular weight is 273 g/mol. The summed E-state index contributed by atoms with van der Waals surface area (Å²) in [5.74, 6) is -1.11. The highest BCUT2D eigenvalue weighted by Crippen LogP contribution is 2.13. The Labute approximate surface area is 115 Å². The van der Waals surface area contributed by atoms with Gasteiger partial charge in [0.15, 0.2) is 0 Å². The minimum atomic E-state index is -0.563. The van der Waals surface area contributed by atoms with Gasteiger partial charge in [0.05, 0.1) is 17.3 Å². The number of nitriles is 1. The summed E-state index contributed by atoms with van der Waals surface area (Å²) in [4.78, 5) is 11.8. The standard InChI is InChI=1S/C14H12FN3O2/c1-18-7-12(17)5-13(18)14(19)20-8-10-2-9(6-16)3-11(15)4-10/h2-5,7H,8,17H2,1H3. The zero-order chi connectivity index (χ0) is 14.7. The topological polar surface area (TPSA) is 81.0 Å². The van der Waals surface area contributed by atoms with E-state index in [0.717, 1.165) is 6.07 Å². The third-order valence-electron chi connectivity index (χ3n) is 2.69. The number of aryl methyl sites for hydroxylation is 1. The second-order valence-electron chi connectivity index (χ2n) is 4.31. The van der Waals surface area contributed by atoms with Crippen LogP contribution in [0.5, 0.6) is 0 Å². The Hall–Kier alpha value is -2.81. The van der Waals surface area contributed by atoms with Crippen molar-refractivity contribution in [3.8, 4) is 6.07 Å². The molecular weight excluding hydrogens is 261 g/mol. The van der Waals surface area contributed by atoms with Gasteiger partial charge >= 0.3 is 5.97 Å². The van der Waals surface area contributed by atoms with Gasteiger partial charge in [-0.15, -0.1) is 0 Å². The molecule has 1 aromatic carbocycles. The van der Waals surface area contributed by atoms with Crippen molar-refractivity contribution in [2.75, 3.05) is 5.73 Å². The van der Waals surface area contributed by atoms with Gasteiger partial charge in [-0.25, -0.2) is 9.18 Å². The molecule has 0 unspecified atom stereocenters. The summed E-state index contributed by atoms with van der Waals surface area (Å²) in [6, 6.07) is 7.13. The molecule has 0 saturated carbocycles. The van der Waals surface area contributed by atoms with Gasteiger partial charge in [0.25, 0.3) is 0 Å². The van der Waals surface area contributed by atoms with Crippen LogP contribution in [0.4, 0.5) is 10.1 Å². The highest BCUT2D eigenvalue weighted by atomic mass is 19.1. The molecule has 20 heavy (non-hydrogen) atoms. The van der Waals surface area contributed by atoms with Gasteiger partial charge < -0.3 is 15.0 Å². The number of nitrogens with two attached hydrogens (primary N) is 1. The molecule has 2 rings (SSSR count). The average Bonchev–Trinajstić information content (AvgIpc) is 2.74. The molecule has 0 atom stereocenters. The highest BCUT2D eigenvalue weighted by molar-refractivity contribution is 5.89. The largest absolute Gasteiger partial charge is 0.456 e. The molecule has 5 nitrogen and oxygen atoms in total. The summed E-state index contributed by atoms with van der Waals surface area (Å²) in [5.41, 5.74) is 6.92. The van der Waals surface area contributed by atoms with Crippen LogP contribution in [0.15, 0.2) is 30.5 Å². The van der Waals surface area contributed by atoms with Crippen molar-refractivity contribution in [3.05, 3.63) is 53.1 Å². The summed E-state index contributed by atoms with van der Waals surface area (Å²) in [5, 5.41) is 8.74. The van der Waals surface area contributed by atoms with E-state index in [1.165, 1.54) is 18.2 Å². The lowest BCUT2D eigenvalue weighted by Gasteiger charge is -2.06. The summed E-state index contributed by atoms with van der Waals surface area (Å²) >= 11 is 0. The van der Waals surface area contributed by atoms with Crippen molar-refractivity contribution < 1.29 is 13.9 Å². The lowest BCUT2D eigenvalue weighted by molar-refractivity contribution is 0.0461. The Morgan fingerprint density at radius 2 is 2.20 bits per heavy atom. The molecule has 1 aromatic heterocycles. The van der Waals surface area contributed by atoms with E-state index in [4.69, 9.17) is 15.7 Å².